The van der Waals surface area contributed by atoms with Crippen molar-refractivity contribution in [3.63, 3.8) is 0 Å². The van der Waals surface area contributed by atoms with Gasteiger partial charge < -0.3 is 15.0 Å². The number of aliphatic hydroxyl groups is 1. The zero-order valence-corrected chi connectivity index (χ0v) is 10.5. The Hall–Kier alpha value is -0.940. The fourth-order valence-corrected chi connectivity index (χ4v) is 2.63. The highest BCUT2D eigenvalue weighted by atomic mass is 16.3. The molecule has 1 aromatic rings. The van der Waals surface area contributed by atoms with Crippen LogP contribution in [0, 0.1) is 11.8 Å². The molecule has 17 heavy (non-hydrogen) atoms. The lowest BCUT2D eigenvalue weighted by atomic mass is 9.79. The monoisotopic (exact) mass is 238 g/mol. The van der Waals surface area contributed by atoms with Gasteiger partial charge in [0.25, 0.3) is 0 Å². The Labute approximate surface area is 102 Å². The maximum atomic E-state index is 9.33. The van der Waals surface area contributed by atoms with Gasteiger partial charge >= 0.3 is 0 Å². The Morgan fingerprint density at radius 2 is 2.18 bits per heavy atom. The first-order valence-corrected chi connectivity index (χ1v) is 6.45. The molecule has 1 aliphatic rings. The first-order chi connectivity index (χ1) is 8.31. The van der Waals surface area contributed by atoms with Crippen LogP contribution in [0.3, 0.4) is 0 Å². The van der Waals surface area contributed by atoms with Crippen molar-refractivity contribution in [2.24, 2.45) is 18.9 Å². The number of nitrogens with one attached hydrogen (secondary N) is 1. The summed E-state index contributed by atoms with van der Waals surface area (Å²) in [4.78, 5) is 0. The third-order valence-electron chi connectivity index (χ3n) is 3.80. The van der Waals surface area contributed by atoms with Crippen molar-refractivity contribution >= 4 is 0 Å². The summed E-state index contributed by atoms with van der Waals surface area (Å²) in [6, 6.07) is 0. The van der Waals surface area contributed by atoms with Gasteiger partial charge in [0.1, 0.15) is 12.2 Å². The quantitative estimate of drug-likeness (QED) is 0.793. The predicted octanol–water partition coefficient (Wildman–Crippen LogP) is 0.703. The highest BCUT2D eigenvalue weighted by molar-refractivity contribution is 4.84. The molecule has 1 fully saturated rings. The van der Waals surface area contributed by atoms with E-state index < -0.39 is 0 Å². The van der Waals surface area contributed by atoms with Gasteiger partial charge in [0.2, 0.25) is 0 Å². The van der Waals surface area contributed by atoms with Gasteiger partial charge in [-0.15, -0.1) is 10.2 Å². The summed E-state index contributed by atoms with van der Waals surface area (Å²) in [5.74, 6) is 2.05. The molecule has 2 unspecified atom stereocenters. The largest absolute Gasteiger partial charge is 0.396 e. The first kappa shape index (κ1) is 12.5. The van der Waals surface area contributed by atoms with Crippen LogP contribution in [-0.4, -0.2) is 33.0 Å². The molecular weight excluding hydrogens is 216 g/mol. The molecule has 0 bridgehead atoms. The second-order valence-corrected chi connectivity index (χ2v) is 4.98. The highest BCUT2D eigenvalue weighted by Gasteiger charge is 2.23. The second-order valence-electron chi connectivity index (χ2n) is 4.98. The van der Waals surface area contributed by atoms with Crippen LogP contribution in [0.4, 0.5) is 0 Å². The van der Waals surface area contributed by atoms with Crippen LogP contribution in [0.1, 0.15) is 31.5 Å². The number of hydrogen-bond donors (Lipinski definition) is 2. The maximum Gasteiger partial charge on any atom is 0.146 e. The molecule has 1 aliphatic carbocycles. The van der Waals surface area contributed by atoms with Crippen LogP contribution >= 0.6 is 0 Å². The van der Waals surface area contributed by atoms with Crippen LogP contribution < -0.4 is 5.32 Å². The maximum absolute atomic E-state index is 9.33. The molecule has 2 N–H and O–H groups in total. The van der Waals surface area contributed by atoms with Crippen molar-refractivity contribution in [2.45, 2.75) is 32.2 Å². The molecule has 0 radical (unpaired) electrons. The van der Waals surface area contributed by atoms with Crippen molar-refractivity contribution < 1.29 is 5.11 Å². The Kier molecular flexibility index (Phi) is 4.50. The van der Waals surface area contributed by atoms with E-state index in [0.717, 1.165) is 18.9 Å². The van der Waals surface area contributed by atoms with Crippen LogP contribution in [0.5, 0.6) is 0 Å². The fraction of sp³-hybridized carbons (Fsp3) is 0.833. The van der Waals surface area contributed by atoms with Crippen molar-refractivity contribution in [3.05, 3.63) is 12.2 Å². The number of aryl methyl sites for hydroxylation is 1. The van der Waals surface area contributed by atoms with E-state index in [9.17, 15) is 5.11 Å². The van der Waals surface area contributed by atoms with Gasteiger partial charge in [0.05, 0.1) is 6.54 Å². The molecule has 0 amide bonds. The minimum atomic E-state index is 0.330. The lowest BCUT2D eigenvalue weighted by Gasteiger charge is -2.30. The molecule has 1 saturated carbocycles. The van der Waals surface area contributed by atoms with E-state index in [4.69, 9.17) is 0 Å². The zero-order valence-electron chi connectivity index (χ0n) is 10.5. The molecule has 0 saturated heterocycles. The molecule has 5 heteroatoms. The smallest absolute Gasteiger partial charge is 0.146 e. The second kappa shape index (κ2) is 6.12. The SMILES string of the molecule is Cn1cnnc1CNCC1CCCCC1CO. The van der Waals surface area contributed by atoms with Gasteiger partial charge in [-0.2, -0.15) is 0 Å². The Morgan fingerprint density at radius 1 is 1.41 bits per heavy atom. The van der Waals surface area contributed by atoms with E-state index in [1.807, 2.05) is 11.6 Å². The summed E-state index contributed by atoms with van der Waals surface area (Å²) in [5.41, 5.74) is 0. The van der Waals surface area contributed by atoms with Crippen LogP contribution in [-0.2, 0) is 13.6 Å². The van der Waals surface area contributed by atoms with Crippen LogP contribution in [0.2, 0.25) is 0 Å². The minimum Gasteiger partial charge on any atom is -0.396 e. The van der Waals surface area contributed by atoms with E-state index >= 15 is 0 Å². The molecule has 0 aromatic carbocycles. The summed E-state index contributed by atoms with van der Waals surface area (Å²) < 4.78 is 1.93. The van der Waals surface area contributed by atoms with Gasteiger partial charge in [-0.1, -0.05) is 12.8 Å². The third-order valence-corrected chi connectivity index (χ3v) is 3.80. The van der Waals surface area contributed by atoms with Gasteiger partial charge in [-0.05, 0) is 31.2 Å². The molecular formula is C12H22N4O. The molecule has 2 rings (SSSR count). The van der Waals surface area contributed by atoms with E-state index in [2.05, 4.69) is 15.5 Å². The van der Waals surface area contributed by atoms with Crippen molar-refractivity contribution in [2.75, 3.05) is 13.2 Å². The summed E-state index contributed by atoms with van der Waals surface area (Å²) in [6.45, 7) is 2.06. The normalized spacial score (nSPS) is 25.1. The Bertz CT molecular complexity index is 339. The minimum absolute atomic E-state index is 0.330. The number of nitrogens with zero attached hydrogens (tertiary/aromatic N) is 3. The van der Waals surface area contributed by atoms with Crippen molar-refractivity contribution in [3.8, 4) is 0 Å². The van der Waals surface area contributed by atoms with Crippen LogP contribution in [0.25, 0.3) is 0 Å². The molecule has 0 spiro atoms. The Morgan fingerprint density at radius 3 is 2.82 bits per heavy atom. The molecule has 0 aliphatic heterocycles. The summed E-state index contributed by atoms with van der Waals surface area (Å²) in [5, 5.41) is 20.7. The van der Waals surface area contributed by atoms with E-state index in [-0.39, 0.29) is 0 Å². The number of hydrogen-bond acceptors (Lipinski definition) is 4. The van der Waals surface area contributed by atoms with E-state index in [1.165, 1.54) is 25.7 Å². The summed E-state index contributed by atoms with van der Waals surface area (Å²) >= 11 is 0. The molecule has 1 aromatic heterocycles. The van der Waals surface area contributed by atoms with Gasteiger partial charge in [-0.3, -0.25) is 0 Å². The average Bonchev–Trinajstić information content (AvgIpc) is 2.76. The van der Waals surface area contributed by atoms with Crippen LogP contribution in [0.15, 0.2) is 6.33 Å². The number of aromatic nitrogens is 3. The van der Waals surface area contributed by atoms with Gasteiger partial charge in [0, 0.05) is 13.7 Å². The molecule has 96 valence electrons. The molecule has 1 heterocycles. The third kappa shape index (κ3) is 3.26. The molecule has 2 atom stereocenters. The van der Waals surface area contributed by atoms with Crippen molar-refractivity contribution in [1.29, 1.82) is 0 Å². The standard InChI is InChI=1S/C12H22N4O/c1-16-9-14-15-12(16)7-13-6-10-4-2-3-5-11(10)8-17/h9-11,13,17H,2-8H2,1H3. The van der Waals surface area contributed by atoms with E-state index in [0.29, 0.717) is 18.4 Å². The lowest BCUT2D eigenvalue weighted by Crippen LogP contribution is -2.32. The summed E-state index contributed by atoms with van der Waals surface area (Å²) in [7, 11) is 1.95. The van der Waals surface area contributed by atoms with Gasteiger partial charge in [0.15, 0.2) is 0 Å². The number of rotatable bonds is 5. The highest BCUT2D eigenvalue weighted by Crippen LogP contribution is 2.29. The Balaban J connectivity index is 1.75. The topological polar surface area (TPSA) is 63.0 Å². The average molecular weight is 238 g/mol. The lowest BCUT2D eigenvalue weighted by molar-refractivity contribution is 0.133. The fourth-order valence-electron chi connectivity index (χ4n) is 2.63. The predicted molar refractivity (Wildman–Crippen MR) is 65.2 cm³/mol. The van der Waals surface area contributed by atoms with E-state index in [1.54, 1.807) is 6.33 Å². The molecule has 5 nitrogen and oxygen atoms in total. The van der Waals surface area contributed by atoms with Crippen molar-refractivity contribution in [1.82, 2.24) is 20.1 Å². The van der Waals surface area contributed by atoms with Gasteiger partial charge in [-0.25, -0.2) is 0 Å². The number of aliphatic hydroxyl groups excluding tert-OH is 1. The first-order valence-electron chi connectivity index (χ1n) is 6.45. The summed E-state index contributed by atoms with van der Waals surface area (Å²) in [6.07, 6.45) is 6.69. The zero-order chi connectivity index (χ0) is 12.1.